The summed E-state index contributed by atoms with van der Waals surface area (Å²) in [4.78, 5) is 0. The molecular formula is C8H16N2O. The number of rotatable bonds is 3. The Morgan fingerprint density at radius 2 is 2.27 bits per heavy atom. The summed E-state index contributed by atoms with van der Waals surface area (Å²) in [6, 6.07) is 0. The van der Waals surface area contributed by atoms with Gasteiger partial charge in [-0.2, -0.15) is 5.10 Å². The van der Waals surface area contributed by atoms with Crippen molar-refractivity contribution >= 4 is 5.71 Å². The van der Waals surface area contributed by atoms with E-state index in [0.29, 0.717) is 0 Å². The van der Waals surface area contributed by atoms with Crippen LogP contribution in [0.15, 0.2) is 5.10 Å². The van der Waals surface area contributed by atoms with Gasteiger partial charge in [-0.15, -0.1) is 0 Å². The summed E-state index contributed by atoms with van der Waals surface area (Å²) in [5, 5.41) is 3.64. The van der Waals surface area contributed by atoms with Gasteiger partial charge in [-0.1, -0.05) is 0 Å². The molecule has 64 valence electrons. The van der Waals surface area contributed by atoms with Crippen molar-refractivity contribution in [2.75, 3.05) is 7.11 Å². The molecule has 0 heterocycles. The van der Waals surface area contributed by atoms with Crippen LogP contribution in [0.5, 0.6) is 0 Å². The highest BCUT2D eigenvalue weighted by molar-refractivity contribution is 5.82. The molecule has 3 nitrogen and oxygen atoms in total. The smallest absolute Gasteiger partial charge is 0.0731 e. The van der Waals surface area contributed by atoms with E-state index in [1.165, 1.54) is 6.42 Å². The third kappa shape index (κ3) is 1.71. The predicted molar refractivity (Wildman–Crippen MR) is 45.5 cm³/mol. The highest BCUT2D eigenvalue weighted by Gasteiger charge is 2.37. The lowest BCUT2D eigenvalue weighted by Crippen LogP contribution is -2.40. The normalized spacial score (nSPS) is 22.9. The molecule has 0 saturated heterocycles. The maximum atomic E-state index is 5.41. The quantitative estimate of drug-likeness (QED) is 0.380. The molecule has 0 aromatic rings. The van der Waals surface area contributed by atoms with Crippen LogP contribution in [0.3, 0.4) is 0 Å². The van der Waals surface area contributed by atoms with Crippen LogP contribution in [-0.2, 0) is 4.74 Å². The van der Waals surface area contributed by atoms with Gasteiger partial charge < -0.3 is 10.6 Å². The first-order chi connectivity index (χ1) is 5.22. The third-order valence-electron chi connectivity index (χ3n) is 2.50. The van der Waals surface area contributed by atoms with Crippen molar-refractivity contribution in [3.8, 4) is 0 Å². The van der Waals surface area contributed by atoms with Crippen molar-refractivity contribution in [3.63, 3.8) is 0 Å². The molecule has 0 amide bonds. The molecule has 0 aromatic carbocycles. The SMILES string of the molecule is COC1(C/C(C)=N/N)CCC1. The predicted octanol–water partition coefficient (Wildman–Crippen LogP) is 1.28. The summed E-state index contributed by atoms with van der Waals surface area (Å²) < 4.78 is 5.41. The third-order valence-corrected chi connectivity index (χ3v) is 2.50. The van der Waals surface area contributed by atoms with Crippen LogP contribution >= 0.6 is 0 Å². The second kappa shape index (κ2) is 3.22. The summed E-state index contributed by atoms with van der Waals surface area (Å²) in [7, 11) is 1.77. The fraction of sp³-hybridized carbons (Fsp3) is 0.875. The van der Waals surface area contributed by atoms with E-state index in [1.807, 2.05) is 6.92 Å². The Hall–Kier alpha value is -0.570. The van der Waals surface area contributed by atoms with E-state index in [0.717, 1.165) is 25.0 Å². The van der Waals surface area contributed by atoms with Crippen LogP contribution in [0, 0.1) is 0 Å². The standard InChI is InChI=1S/C8H16N2O/c1-7(10-9)6-8(11-2)4-3-5-8/h3-6,9H2,1-2H3/b10-7+. The first-order valence-electron chi connectivity index (χ1n) is 4.01. The molecule has 1 aliphatic carbocycles. The summed E-state index contributed by atoms with van der Waals surface area (Å²) in [6.07, 6.45) is 4.46. The Morgan fingerprint density at radius 1 is 1.64 bits per heavy atom. The van der Waals surface area contributed by atoms with Gasteiger partial charge in [-0.25, -0.2) is 0 Å². The van der Waals surface area contributed by atoms with Gasteiger partial charge in [0.05, 0.1) is 5.60 Å². The van der Waals surface area contributed by atoms with Crippen LogP contribution in [0.4, 0.5) is 0 Å². The molecule has 1 aliphatic rings. The average Bonchev–Trinajstić information content (AvgIpc) is 1.96. The zero-order chi connectivity index (χ0) is 8.32. The van der Waals surface area contributed by atoms with Gasteiger partial charge in [0, 0.05) is 19.2 Å². The van der Waals surface area contributed by atoms with Gasteiger partial charge in [0.25, 0.3) is 0 Å². The lowest BCUT2D eigenvalue weighted by Gasteiger charge is -2.40. The zero-order valence-corrected chi connectivity index (χ0v) is 7.26. The van der Waals surface area contributed by atoms with Gasteiger partial charge in [-0.05, 0) is 26.2 Å². The largest absolute Gasteiger partial charge is 0.378 e. The Morgan fingerprint density at radius 3 is 2.55 bits per heavy atom. The van der Waals surface area contributed by atoms with Gasteiger partial charge in [0.2, 0.25) is 0 Å². The molecule has 0 aliphatic heterocycles. The number of nitrogens with two attached hydrogens (primary N) is 1. The monoisotopic (exact) mass is 156 g/mol. The summed E-state index contributed by atoms with van der Waals surface area (Å²) in [6.45, 7) is 1.94. The Kier molecular flexibility index (Phi) is 2.49. The molecule has 1 rings (SSSR count). The highest BCUT2D eigenvalue weighted by Crippen LogP contribution is 2.38. The van der Waals surface area contributed by atoms with E-state index >= 15 is 0 Å². The van der Waals surface area contributed by atoms with Gasteiger partial charge in [-0.3, -0.25) is 0 Å². The summed E-state index contributed by atoms with van der Waals surface area (Å²) in [5.41, 5.74) is 1.05. The number of ether oxygens (including phenoxy) is 1. The van der Waals surface area contributed by atoms with Crippen molar-refractivity contribution in [1.82, 2.24) is 0 Å². The molecule has 1 fully saturated rings. The second-order valence-electron chi connectivity index (χ2n) is 3.28. The Bertz CT molecular complexity index is 156. The molecule has 0 atom stereocenters. The van der Waals surface area contributed by atoms with E-state index in [-0.39, 0.29) is 5.60 Å². The first kappa shape index (κ1) is 8.53. The maximum absolute atomic E-state index is 5.41. The number of hydrogen-bond donors (Lipinski definition) is 1. The molecule has 3 heteroatoms. The van der Waals surface area contributed by atoms with Crippen LogP contribution in [0.1, 0.15) is 32.6 Å². The van der Waals surface area contributed by atoms with Crippen LogP contribution in [0.25, 0.3) is 0 Å². The molecule has 0 bridgehead atoms. The molecule has 1 saturated carbocycles. The van der Waals surface area contributed by atoms with Crippen molar-refractivity contribution in [2.24, 2.45) is 10.9 Å². The van der Waals surface area contributed by atoms with E-state index in [9.17, 15) is 0 Å². The van der Waals surface area contributed by atoms with Crippen molar-refractivity contribution in [1.29, 1.82) is 0 Å². The molecule has 11 heavy (non-hydrogen) atoms. The number of nitrogens with zero attached hydrogens (tertiary/aromatic N) is 1. The minimum absolute atomic E-state index is 0.0763. The maximum Gasteiger partial charge on any atom is 0.0731 e. The average molecular weight is 156 g/mol. The molecule has 0 aromatic heterocycles. The van der Waals surface area contributed by atoms with E-state index in [4.69, 9.17) is 10.6 Å². The fourth-order valence-electron chi connectivity index (χ4n) is 1.54. The van der Waals surface area contributed by atoms with Crippen LogP contribution in [0.2, 0.25) is 0 Å². The number of methoxy groups -OCH3 is 1. The van der Waals surface area contributed by atoms with Crippen LogP contribution in [-0.4, -0.2) is 18.4 Å². The minimum Gasteiger partial charge on any atom is -0.378 e. The van der Waals surface area contributed by atoms with Gasteiger partial charge in [0.1, 0.15) is 0 Å². The van der Waals surface area contributed by atoms with E-state index in [2.05, 4.69) is 5.10 Å². The highest BCUT2D eigenvalue weighted by atomic mass is 16.5. The van der Waals surface area contributed by atoms with E-state index < -0.39 is 0 Å². The summed E-state index contributed by atoms with van der Waals surface area (Å²) in [5.74, 6) is 5.15. The minimum atomic E-state index is 0.0763. The molecule has 2 N–H and O–H groups in total. The van der Waals surface area contributed by atoms with Crippen LogP contribution < -0.4 is 5.84 Å². The molecule has 0 spiro atoms. The van der Waals surface area contributed by atoms with Gasteiger partial charge in [0.15, 0.2) is 0 Å². The Labute approximate surface area is 67.6 Å². The summed E-state index contributed by atoms with van der Waals surface area (Å²) >= 11 is 0. The van der Waals surface area contributed by atoms with Crippen molar-refractivity contribution in [3.05, 3.63) is 0 Å². The van der Waals surface area contributed by atoms with Gasteiger partial charge >= 0.3 is 0 Å². The lowest BCUT2D eigenvalue weighted by atomic mass is 9.76. The second-order valence-corrected chi connectivity index (χ2v) is 3.28. The first-order valence-corrected chi connectivity index (χ1v) is 4.01. The van der Waals surface area contributed by atoms with Crippen molar-refractivity contribution in [2.45, 2.75) is 38.2 Å². The molecule has 0 radical (unpaired) electrons. The topological polar surface area (TPSA) is 47.6 Å². The molecule has 0 unspecified atom stereocenters. The van der Waals surface area contributed by atoms with E-state index in [1.54, 1.807) is 7.11 Å². The van der Waals surface area contributed by atoms with Crippen molar-refractivity contribution < 1.29 is 4.74 Å². The zero-order valence-electron chi connectivity index (χ0n) is 7.26. The Balaban J connectivity index is 2.44. The fourth-order valence-corrected chi connectivity index (χ4v) is 1.54. The molecular weight excluding hydrogens is 140 g/mol. The lowest BCUT2D eigenvalue weighted by molar-refractivity contribution is -0.0654. The number of hydrazone groups is 1. The number of hydrogen-bond acceptors (Lipinski definition) is 3.